The molecule has 26 heavy (non-hydrogen) atoms. The molecule has 0 spiro atoms. The van der Waals surface area contributed by atoms with Crippen molar-refractivity contribution in [3.63, 3.8) is 0 Å². The van der Waals surface area contributed by atoms with Gasteiger partial charge in [0, 0.05) is 45.4 Å². The number of carbonyl (C=O) groups is 2. The Balaban J connectivity index is 2.17. The number of hydrogen-bond acceptors (Lipinski definition) is 4. The van der Waals surface area contributed by atoms with Gasteiger partial charge in [-0.3, -0.25) is 9.59 Å². The molecule has 1 saturated heterocycles. The van der Waals surface area contributed by atoms with E-state index in [0.29, 0.717) is 38.3 Å². The van der Waals surface area contributed by atoms with Crippen molar-refractivity contribution in [1.82, 2.24) is 9.80 Å². The molecular weight excluding hydrogens is 330 g/mol. The van der Waals surface area contributed by atoms with E-state index in [2.05, 4.69) is 5.32 Å². The summed E-state index contributed by atoms with van der Waals surface area (Å²) >= 11 is 0. The van der Waals surface area contributed by atoms with Crippen molar-refractivity contribution in [1.29, 1.82) is 0 Å². The number of anilines is 1. The van der Waals surface area contributed by atoms with E-state index in [9.17, 15) is 9.59 Å². The molecule has 0 aliphatic carbocycles. The van der Waals surface area contributed by atoms with Gasteiger partial charge < -0.3 is 19.9 Å². The van der Waals surface area contributed by atoms with E-state index in [1.807, 2.05) is 43.0 Å². The molecule has 0 unspecified atom stereocenters. The summed E-state index contributed by atoms with van der Waals surface area (Å²) in [6.45, 7) is 5.27. The number of hydrogen-bond donors (Lipinski definition) is 1. The summed E-state index contributed by atoms with van der Waals surface area (Å²) in [5.41, 5.74) is 0.145. The number of ether oxygens (including phenoxy) is 1. The highest BCUT2D eigenvalue weighted by Gasteiger charge is 2.43. The first kappa shape index (κ1) is 20.1. The van der Waals surface area contributed by atoms with Gasteiger partial charge in [0.1, 0.15) is 11.3 Å². The average molecular weight is 361 g/mol. The number of nitrogens with one attached hydrogen (secondary N) is 1. The van der Waals surface area contributed by atoms with Crippen LogP contribution in [-0.4, -0.2) is 61.4 Å². The van der Waals surface area contributed by atoms with E-state index < -0.39 is 5.54 Å². The summed E-state index contributed by atoms with van der Waals surface area (Å²) in [5.74, 6) is 1.29. The van der Waals surface area contributed by atoms with Crippen LogP contribution >= 0.6 is 0 Å². The molecule has 2 amide bonds. The van der Waals surface area contributed by atoms with E-state index in [0.717, 1.165) is 11.4 Å². The Morgan fingerprint density at radius 2 is 1.92 bits per heavy atom. The first-order chi connectivity index (χ1) is 12.3. The Morgan fingerprint density at radius 1 is 1.27 bits per heavy atom. The molecule has 0 aromatic heterocycles. The van der Waals surface area contributed by atoms with E-state index in [1.54, 1.807) is 26.1 Å². The SMILES string of the molecule is COc1cccc(NC2(C(=O)N(C)C)CCN(C(=O)CC(C)C)CC2)c1. The average Bonchev–Trinajstić information content (AvgIpc) is 2.61. The molecular formula is C20H31N3O3. The first-order valence-electron chi connectivity index (χ1n) is 9.19. The summed E-state index contributed by atoms with van der Waals surface area (Å²) in [5, 5.41) is 3.44. The van der Waals surface area contributed by atoms with Gasteiger partial charge in [0.25, 0.3) is 0 Å². The van der Waals surface area contributed by atoms with Crippen molar-refractivity contribution < 1.29 is 14.3 Å². The quantitative estimate of drug-likeness (QED) is 0.846. The topological polar surface area (TPSA) is 61.9 Å². The second-order valence-electron chi connectivity index (χ2n) is 7.62. The van der Waals surface area contributed by atoms with Gasteiger partial charge in [0.15, 0.2) is 0 Å². The molecule has 1 aromatic rings. The van der Waals surface area contributed by atoms with Crippen molar-refractivity contribution >= 4 is 17.5 Å². The Labute approximate surface area is 156 Å². The molecule has 1 aromatic carbocycles. The minimum Gasteiger partial charge on any atom is -0.497 e. The molecule has 6 heteroatoms. The Kier molecular flexibility index (Phi) is 6.51. The Morgan fingerprint density at radius 3 is 2.46 bits per heavy atom. The van der Waals surface area contributed by atoms with Crippen LogP contribution in [0.1, 0.15) is 33.1 Å². The van der Waals surface area contributed by atoms with Gasteiger partial charge in [-0.1, -0.05) is 19.9 Å². The third kappa shape index (κ3) is 4.68. The predicted octanol–water partition coefficient (Wildman–Crippen LogP) is 2.60. The lowest BCUT2D eigenvalue weighted by Gasteiger charge is -2.43. The lowest BCUT2D eigenvalue weighted by Crippen LogP contribution is -2.58. The first-order valence-corrected chi connectivity index (χ1v) is 9.19. The second kappa shape index (κ2) is 8.43. The number of benzene rings is 1. The smallest absolute Gasteiger partial charge is 0.247 e. The Bertz CT molecular complexity index is 635. The van der Waals surface area contributed by atoms with E-state index in [-0.39, 0.29) is 11.8 Å². The van der Waals surface area contributed by atoms with E-state index in [1.165, 1.54) is 0 Å². The zero-order valence-corrected chi connectivity index (χ0v) is 16.5. The number of nitrogens with zero attached hydrogens (tertiary/aromatic N) is 2. The van der Waals surface area contributed by atoms with Crippen molar-refractivity contribution in [3.8, 4) is 5.75 Å². The molecule has 6 nitrogen and oxygen atoms in total. The molecule has 1 aliphatic rings. The van der Waals surface area contributed by atoms with Crippen molar-refractivity contribution in [2.45, 2.75) is 38.6 Å². The maximum Gasteiger partial charge on any atom is 0.247 e. The maximum absolute atomic E-state index is 13.0. The van der Waals surface area contributed by atoms with Crippen LogP contribution in [0.15, 0.2) is 24.3 Å². The van der Waals surface area contributed by atoms with Gasteiger partial charge in [-0.2, -0.15) is 0 Å². The number of likely N-dealkylation sites (tertiary alicyclic amines) is 1. The fraction of sp³-hybridized carbons (Fsp3) is 0.600. The molecule has 0 bridgehead atoms. The largest absolute Gasteiger partial charge is 0.497 e. The summed E-state index contributed by atoms with van der Waals surface area (Å²) in [6, 6.07) is 7.60. The molecule has 0 atom stereocenters. The van der Waals surface area contributed by atoms with Crippen LogP contribution in [-0.2, 0) is 9.59 Å². The van der Waals surface area contributed by atoms with E-state index in [4.69, 9.17) is 4.74 Å². The molecule has 1 N–H and O–H groups in total. The van der Waals surface area contributed by atoms with Gasteiger partial charge >= 0.3 is 0 Å². The van der Waals surface area contributed by atoms with Gasteiger partial charge in [0.05, 0.1) is 7.11 Å². The number of piperidine rings is 1. The molecule has 1 heterocycles. The molecule has 0 radical (unpaired) electrons. The Hall–Kier alpha value is -2.24. The fourth-order valence-electron chi connectivity index (χ4n) is 3.41. The molecule has 0 saturated carbocycles. The maximum atomic E-state index is 13.0. The monoisotopic (exact) mass is 361 g/mol. The van der Waals surface area contributed by atoms with Crippen LogP contribution in [0.25, 0.3) is 0 Å². The summed E-state index contributed by atoms with van der Waals surface area (Å²) in [7, 11) is 5.17. The van der Waals surface area contributed by atoms with Crippen LogP contribution in [0.4, 0.5) is 5.69 Å². The second-order valence-corrected chi connectivity index (χ2v) is 7.62. The normalized spacial score (nSPS) is 16.3. The molecule has 144 valence electrons. The van der Waals surface area contributed by atoms with Crippen molar-refractivity contribution in [2.75, 3.05) is 39.6 Å². The third-order valence-corrected chi connectivity index (χ3v) is 4.82. The lowest BCUT2D eigenvalue weighted by molar-refractivity contribution is -0.140. The zero-order valence-electron chi connectivity index (χ0n) is 16.5. The van der Waals surface area contributed by atoms with Gasteiger partial charge in [0.2, 0.25) is 11.8 Å². The standard InChI is InChI=1S/C20H31N3O3/c1-15(2)13-18(24)23-11-9-20(10-12-23,19(25)22(3)4)21-16-7-6-8-17(14-16)26-5/h6-8,14-15,21H,9-13H2,1-5H3. The van der Waals surface area contributed by atoms with Crippen LogP contribution in [0.3, 0.4) is 0 Å². The molecule has 1 fully saturated rings. The highest BCUT2D eigenvalue weighted by Crippen LogP contribution is 2.30. The highest BCUT2D eigenvalue weighted by atomic mass is 16.5. The van der Waals surface area contributed by atoms with Crippen LogP contribution in [0.5, 0.6) is 5.75 Å². The van der Waals surface area contributed by atoms with E-state index >= 15 is 0 Å². The lowest BCUT2D eigenvalue weighted by atomic mass is 9.85. The number of likely N-dealkylation sites (N-methyl/N-ethyl adjacent to an activating group) is 1. The van der Waals surface area contributed by atoms with Gasteiger partial charge in [-0.25, -0.2) is 0 Å². The fourth-order valence-corrected chi connectivity index (χ4v) is 3.41. The highest BCUT2D eigenvalue weighted by molar-refractivity contribution is 5.90. The van der Waals surface area contributed by atoms with Gasteiger partial charge in [-0.05, 0) is 30.9 Å². The zero-order chi connectivity index (χ0) is 19.3. The number of methoxy groups -OCH3 is 1. The molecule has 2 rings (SSSR count). The third-order valence-electron chi connectivity index (χ3n) is 4.82. The number of carbonyl (C=O) groups excluding carboxylic acids is 2. The predicted molar refractivity (Wildman–Crippen MR) is 103 cm³/mol. The van der Waals surface area contributed by atoms with Gasteiger partial charge in [-0.15, -0.1) is 0 Å². The summed E-state index contributed by atoms with van der Waals surface area (Å²) in [4.78, 5) is 28.8. The molecule has 1 aliphatic heterocycles. The van der Waals surface area contributed by atoms with Crippen LogP contribution < -0.4 is 10.1 Å². The number of rotatable bonds is 6. The van der Waals surface area contributed by atoms with Crippen molar-refractivity contribution in [2.24, 2.45) is 5.92 Å². The summed E-state index contributed by atoms with van der Waals surface area (Å²) in [6.07, 6.45) is 1.73. The number of amides is 2. The minimum atomic E-state index is -0.704. The minimum absolute atomic E-state index is 0.0382. The van der Waals surface area contributed by atoms with Crippen LogP contribution in [0, 0.1) is 5.92 Å². The summed E-state index contributed by atoms with van der Waals surface area (Å²) < 4.78 is 5.28. The van der Waals surface area contributed by atoms with Crippen LogP contribution in [0.2, 0.25) is 0 Å². The van der Waals surface area contributed by atoms with Crippen molar-refractivity contribution in [3.05, 3.63) is 24.3 Å².